The molecule has 0 amide bonds. The van der Waals surface area contributed by atoms with Crippen molar-refractivity contribution in [1.82, 2.24) is 0 Å². The monoisotopic (exact) mass is 276 g/mol. The van der Waals surface area contributed by atoms with E-state index in [0.29, 0.717) is 0 Å². The Labute approximate surface area is 101 Å². The molecule has 0 saturated carbocycles. The molecule has 2 rings (SSSR count). The molecule has 0 atom stereocenters. The first-order valence-electron chi connectivity index (χ1n) is 4.77. The van der Waals surface area contributed by atoms with Gasteiger partial charge < -0.3 is 5.11 Å². The van der Waals surface area contributed by atoms with Crippen LogP contribution in [0, 0.1) is 0 Å². The summed E-state index contributed by atoms with van der Waals surface area (Å²) in [6, 6.07) is 11.7. The van der Waals surface area contributed by atoms with Crippen LogP contribution in [0.3, 0.4) is 0 Å². The Kier molecular flexibility index (Phi) is 3.06. The van der Waals surface area contributed by atoms with Crippen LogP contribution in [0.4, 0.5) is 0 Å². The Hall–Kier alpha value is -1.61. The lowest BCUT2D eigenvalue weighted by atomic mass is 10.0. The van der Waals surface area contributed by atoms with E-state index in [-0.39, 0.29) is 0 Å². The molecular formula is C13H9BrO2. The van der Waals surface area contributed by atoms with Gasteiger partial charge in [-0.2, -0.15) is 0 Å². The lowest BCUT2D eigenvalue weighted by molar-refractivity contribution is -0.131. The SMILES string of the molecule is O=C(O)C=Cc1cccc2c(Br)cccc12. The third kappa shape index (κ3) is 2.14. The summed E-state index contributed by atoms with van der Waals surface area (Å²) in [6.45, 7) is 0. The fourth-order valence-corrected chi connectivity index (χ4v) is 2.10. The molecule has 0 aliphatic rings. The lowest BCUT2D eigenvalue weighted by Crippen LogP contribution is -1.86. The van der Waals surface area contributed by atoms with Crippen LogP contribution in [0.5, 0.6) is 0 Å². The number of carboxylic acids is 1. The topological polar surface area (TPSA) is 37.3 Å². The third-order valence-corrected chi connectivity index (χ3v) is 3.00. The maximum atomic E-state index is 10.5. The van der Waals surface area contributed by atoms with Crippen molar-refractivity contribution in [2.75, 3.05) is 0 Å². The van der Waals surface area contributed by atoms with E-state index in [4.69, 9.17) is 5.11 Å². The first-order valence-corrected chi connectivity index (χ1v) is 5.56. The van der Waals surface area contributed by atoms with Crippen LogP contribution in [0.2, 0.25) is 0 Å². The van der Waals surface area contributed by atoms with Gasteiger partial charge in [0.25, 0.3) is 0 Å². The highest BCUT2D eigenvalue weighted by molar-refractivity contribution is 9.10. The smallest absolute Gasteiger partial charge is 0.328 e. The number of fused-ring (bicyclic) bond motifs is 1. The van der Waals surface area contributed by atoms with E-state index >= 15 is 0 Å². The summed E-state index contributed by atoms with van der Waals surface area (Å²) < 4.78 is 1.01. The Balaban J connectivity index is 2.63. The molecule has 0 heterocycles. The fourth-order valence-electron chi connectivity index (χ4n) is 1.60. The van der Waals surface area contributed by atoms with Crippen LogP contribution < -0.4 is 0 Å². The van der Waals surface area contributed by atoms with Gasteiger partial charge in [0.05, 0.1) is 0 Å². The third-order valence-electron chi connectivity index (χ3n) is 2.31. The van der Waals surface area contributed by atoms with Crippen molar-refractivity contribution < 1.29 is 9.90 Å². The lowest BCUT2D eigenvalue weighted by Gasteiger charge is -2.03. The molecule has 0 saturated heterocycles. The Morgan fingerprint density at radius 1 is 1.12 bits per heavy atom. The van der Waals surface area contributed by atoms with E-state index in [1.807, 2.05) is 36.4 Å². The van der Waals surface area contributed by atoms with Gasteiger partial charge in [0.15, 0.2) is 0 Å². The molecular weight excluding hydrogens is 268 g/mol. The molecule has 1 N–H and O–H groups in total. The zero-order valence-corrected chi connectivity index (χ0v) is 9.94. The highest BCUT2D eigenvalue weighted by atomic mass is 79.9. The predicted octanol–water partition coefficient (Wildman–Crippen LogP) is 3.70. The van der Waals surface area contributed by atoms with E-state index in [9.17, 15) is 4.79 Å². The van der Waals surface area contributed by atoms with Crippen molar-refractivity contribution >= 4 is 38.7 Å². The predicted molar refractivity (Wildman–Crippen MR) is 68.3 cm³/mol. The van der Waals surface area contributed by atoms with Crippen LogP contribution in [0.15, 0.2) is 46.9 Å². The van der Waals surface area contributed by atoms with Crippen LogP contribution in [0.1, 0.15) is 5.56 Å². The normalized spacial score (nSPS) is 11.1. The quantitative estimate of drug-likeness (QED) is 0.850. The number of hydrogen-bond donors (Lipinski definition) is 1. The number of halogens is 1. The molecule has 2 nitrogen and oxygen atoms in total. The molecule has 0 bridgehead atoms. The molecule has 80 valence electrons. The van der Waals surface area contributed by atoms with Crippen molar-refractivity contribution in [3.05, 3.63) is 52.5 Å². The van der Waals surface area contributed by atoms with E-state index in [2.05, 4.69) is 15.9 Å². The van der Waals surface area contributed by atoms with Gasteiger partial charge in [0.2, 0.25) is 0 Å². The number of aliphatic carboxylic acids is 1. The minimum Gasteiger partial charge on any atom is -0.478 e. The summed E-state index contributed by atoms with van der Waals surface area (Å²) in [6.07, 6.45) is 2.76. The molecule has 0 spiro atoms. The molecule has 0 radical (unpaired) electrons. The first kappa shape index (κ1) is 10.9. The van der Waals surface area contributed by atoms with Crippen molar-refractivity contribution in [3.8, 4) is 0 Å². The molecule has 16 heavy (non-hydrogen) atoms. The van der Waals surface area contributed by atoms with Gasteiger partial charge >= 0.3 is 5.97 Å². The van der Waals surface area contributed by atoms with Crippen LogP contribution in [0.25, 0.3) is 16.8 Å². The first-order chi connectivity index (χ1) is 7.68. The van der Waals surface area contributed by atoms with Crippen LogP contribution in [-0.2, 0) is 4.79 Å². The molecule has 0 fully saturated rings. The molecule has 0 aliphatic carbocycles. The summed E-state index contributed by atoms with van der Waals surface area (Å²) in [5.74, 6) is -0.938. The molecule has 0 aliphatic heterocycles. The average molecular weight is 277 g/mol. The standard InChI is InChI=1S/C13H9BrO2/c14-12-6-2-4-10-9(7-8-13(15)16)3-1-5-11(10)12/h1-8H,(H,15,16). The average Bonchev–Trinajstić information content (AvgIpc) is 2.27. The van der Waals surface area contributed by atoms with E-state index in [0.717, 1.165) is 26.9 Å². The zero-order chi connectivity index (χ0) is 11.5. The van der Waals surface area contributed by atoms with Gasteiger partial charge in [0.1, 0.15) is 0 Å². The number of hydrogen-bond acceptors (Lipinski definition) is 1. The second-order valence-corrected chi connectivity index (χ2v) is 4.21. The van der Waals surface area contributed by atoms with Crippen molar-refractivity contribution in [2.24, 2.45) is 0 Å². The van der Waals surface area contributed by atoms with Crippen molar-refractivity contribution in [2.45, 2.75) is 0 Å². The Morgan fingerprint density at radius 3 is 2.56 bits per heavy atom. The van der Waals surface area contributed by atoms with Crippen LogP contribution >= 0.6 is 15.9 Å². The molecule has 2 aromatic rings. The highest BCUT2D eigenvalue weighted by Crippen LogP contribution is 2.26. The van der Waals surface area contributed by atoms with Gasteiger partial charge in [-0.1, -0.05) is 46.3 Å². The largest absolute Gasteiger partial charge is 0.478 e. The maximum Gasteiger partial charge on any atom is 0.328 e. The summed E-state index contributed by atoms with van der Waals surface area (Å²) in [5, 5.41) is 10.7. The number of benzene rings is 2. The van der Waals surface area contributed by atoms with Crippen molar-refractivity contribution in [1.29, 1.82) is 0 Å². The van der Waals surface area contributed by atoms with E-state index in [1.54, 1.807) is 6.08 Å². The summed E-state index contributed by atoms with van der Waals surface area (Å²) in [7, 11) is 0. The second-order valence-electron chi connectivity index (χ2n) is 3.35. The second kappa shape index (κ2) is 4.49. The molecule has 3 heteroatoms. The molecule has 0 aromatic heterocycles. The van der Waals surface area contributed by atoms with Crippen molar-refractivity contribution in [3.63, 3.8) is 0 Å². The zero-order valence-electron chi connectivity index (χ0n) is 8.35. The van der Waals surface area contributed by atoms with E-state index < -0.39 is 5.97 Å². The van der Waals surface area contributed by atoms with Gasteiger partial charge in [-0.3, -0.25) is 0 Å². The Bertz CT molecular complexity index is 573. The summed E-state index contributed by atoms with van der Waals surface area (Å²) >= 11 is 3.47. The van der Waals surface area contributed by atoms with Crippen LogP contribution in [-0.4, -0.2) is 11.1 Å². The van der Waals surface area contributed by atoms with Gasteiger partial charge in [0, 0.05) is 10.5 Å². The highest BCUT2D eigenvalue weighted by Gasteiger charge is 2.00. The van der Waals surface area contributed by atoms with Gasteiger partial charge in [-0.15, -0.1) is 0 Å². The number of rotatable bonds is 2. The number of carbonyl (C=O) groups is 1. The minimum absolute atomic E-state index is 0.904. The Morgan fingerprint density at radius 2 is 1.81 bits per heavy atom. The summed E-state index contributed by atoms with van der Waals surface area (Å²) in [4.78, 5) is 10.5. The summed E-state index contributed by atoms with van der Waals surface area (Å²) in [5.41, 5.74) is 0.904. The fraction of sp³-hybridized carbons (Fsp3) is 0. The van der Waals surface area contributed by atoms with Gasteiger partial charge in [-0.05, 0) is 28.5 Å². The maximum absolute atomic E-state index is 10.5. The van der Waals surface area contributed by atoms with E-state index in [1.165, 1.54) is 0 Å². The molecule has 2 aromatic carbocycles. The molecule has 0 unspecified atom stereocenters. The number of carboxylic acid groups (broad SMARTS) is 1. The minimum atomic E-state index is -0.938. The van der Waals surface area contributed by atoms with Gasteiger partial charge in [-0.25, -0.2) is 4.79 Å².